The maximum atomic E-state index is 9.45. The monoisotopic (exact) mass is 440 g/mol. The van der Waals surface area contributed by atoms with Crippen molar-refractivity contribution in [1.82, 2.24) is 4.98 Å². The number of nitrogens with zero attached hydrogens (tertiary/aromatic N) is 2. The van der Waals surface area contributed by atoms with E-state index < -0.39 is 0 Å². The third kappa shape index (κ3) is 4.97. The third-order valence-electron chi connectivity index (χ3n) is 3.78. The van der Waals surface area contributed by atoms with Crippen LogP contribution in [-0.4, -0.2) is 12.1 Å². The minimum absolute atomic E-state index is 0.445. The molecule has 0 fully saturated rings. The van der Waals surface area contributed by atoms with Gasteiger partial charge in [0.1, 0.15) is 17.7 Å². The number of methoxy groups -OCH3 is 1. The van der Waals surface area contributed by atoms with Gasteiger partial charge in [-0.2, -0.15) is 5.26 Å². The Kier molecular flexibility index (Phi) is 6.28. The molecular weight excluding hydrogens is 424 g/mol. The zero-order valence-electron chi connectivity index (χ0n) is 14.9. The Morgan fingerprint density at radius 1 is 1.22 bits per heavy atom. The molecular formula is C21H17BrN2O2S. The molecule has 0 saturated heterocycles. The summed E-state index contributed by atoms with van der Waals surface area (Å²) in [6.45, 7) is 2.36. The molecule has 0 atom stereocenters. The lowest BCUT2D eigenvalue weighted by Crippen LogP contribution is -1.98. The highest BCUT2D eigenvalue weighted by atomic mass is 79.9. The number of halogens is 1. The molecule has 1 aromatic heterocycles. The summed E-state index contributed by atoms with van der Waals surface area (Å²) in [5.74, 6) is 1.27. The van der Waals surface area contributed by atoms with Gasteiger partial charge in [-0.3, -0.25) is 0 Å². The van der Waals surface area contributed by atoms with Gasteiger partial charge in [0.2, 0.25) is 0 Å². The normalized spacial score (nSPS) is 11.1. The second-order valence-corrected chi connectivity index (χ2v) is 7.56. The van der Waals surface area contributed by atoms with Gasteiger partial charge in [0.15, 0.2) is 11.5 Å². The molecule has 0 saturated carbocycles. The molecule has 4 nitrogen and oxygen atoms in total. The first kappa shape index (κ1) is 19.2. The van der Waals surface area contributed by atoms with Gasteiger partial charge in [-0.05, 0) is 48.4 Å². The van der Waals surface area contributed by atoms with Gasteiger partial charge < -0.3 is 9.47 Å². The van der Waals surface area contributed by atoms with Crippen LogP contribution in [0.25, 0.3) is 11.6 Å². The van der Waals surface area contributed by atoms with Gasteiger partial charge in [-0.1, -0.05) is 34.1 Å². The van der Waals surface area contributed by atoms with Crippen LogP contribution in [0.1, 0.15) is 21.8 Å². The van der Waals surface area contributed by atoms with Crippen LogP contribution in [0, 0.1) is 18.3 Å². The van der Waals surface area contributed by atoms with E-state index in [2.05, 4.69) is 27.0 Å². The summed E-state index contributed by atoms with van der Waals surface area (Å²) in [6.07, 6.45) is 1.80. The predicted octanol–water partition coefficient (Wildman–Crippen LogP) is 5.87. The molecule has 0 spiro atoms. The SMILES string of the molecule is COc1cc(/C=C(/C#N)c2nc(C)cs2)ccc1OCc1ccc(Br)cc1. The van der Waals surface area contributed by atoms with E-state index in [1.807, 2.05) is 54.8 Å². The Morgan fingerprint density at radius 3 is 2.63 bits per heavy atom. The molecule has 0 radical (unpaired) electrons. The van der Waals surface area contributed by atoms with E-state index in [1.54, 1.807) is 13.2 Å². The van der Waals surface area contributed by atoms with Crippen LogP contribution in [0.2, 0.25) is 0 Å². The van der Waals surface area contributed by atoms with Crippen molar-refractivity contribution in [2.45, 2.75) is 13.5 Å². The molecule has 0 amide bonds. The number of aryl methyl sites for hydroxylation is 1. The third-order valence-corrected chi connectivity index (χ3v) is 5.30. The highest BCUT2D eigenvalue weighted by Crippen LogP contribution is 2.31. The summed E-state index contributed by atoms with van der Waals surface area (Å²) >= 11 is 4.88. The quantitative estimate of drug-likeness (QED) is 0.450. The van der Waals surface area contributed by atoms with Crippen LogP contribution in [0.5, 0.6) is 11.5 Å². The zero-order valence-corrected chi connectivity index (χ0v) is 17.3. The maximum absolute atomic E-state index is 9.45. The predicted molar refractivity (Wildman–Crippen MR) is 112 cm³/mol. The minimum Gasteiger partial charge on any atom is -0.493 e. The summed E-state index contributed by atoms with van der Waals surface area (Å²) in [5, 5.41) is 12.1. The van der Waals surface area contributed by atoms with Crippen molar-refractivity contribution in [2.24, 2.45) is 0 Å². The average Bonchev–Trinajstić information content (AvgIpc) is 3.12. The Morgan fingerprint density at radius 2 is 2.00 bits per heavy atom. The van der Waals surface area contributed by atoms with Crippen molar-refractivity contribution >= 4 is 38.9 Å². The number of ether oxygens (including phenoxy) is 2. The Bertz CT molecular complexity index is 1000. The lowest BCUT2D eigenvalue weighted by molar-refractivity contribution is 0.284. The highest BCUT2D eigenvalue weighted by Gasteiger charge is 2.09. The minimum atomic E-state index is 0.445. The fourth-order valence-corrected chi connectivity index (χ4v) is 3.45. The molecule has 6 heteroatoms. The molecule has 0 aliphatic rings. The van der Waals surface area contributed by atoms with Crippen LogP contribution in [0.3, 0.4) is 0 Å². The van der Waals surface area contributed by atoms with E-state index in [4.69, 9.17) is 9.47 Å². The molecule has 3 rings (SSSR count). The lowest BCUT2D eigenvalue weighted by Gasteiger charge is -2.11. The second kappa shape index (κ2) is 8.85. The Hall–Kier alpha value is -2.62. The maximum Gasteiger partial charge on any atom is 0.161 e. The van der Waals surface area contributed by atoms with Crippen LogP contribution >= 0.6 is 27.3 Å². The molecule has 3 aromatic rings. The van der Waals surface area contributed by atoms with E-state index in [-0.39, 0.29) is 0 Å². The number of aromatic nitrogens is 1. The fourth-order valence-electron chi connectivity index (χ4n) is 2.42. The molecule has 1 heterocycles. The number of thiazole rings is 1. The van der Waals surface area contributed by atoms with Gasteiger partial charge in [-0.25, -0.2) is 4.98 Å². The summed E-state index contributed by atoms with van der Waals surface area (Å²) in [4.78, 5) is 4.38. The molecule has 2 aromatic carbocycles. The fraction of sp³-hybridized carbons (Fsp3) is 0.143. The molecule has 0 unspecified atom stereocenters. The van der Waals surface area contributed by atoms with Crippen LogP contribution in [0.4, 0.5) is 0 Å². The largest absolute Gasteiger partial charge is 0.493 e. The summed E-state index contributed by atoms with van der Waals surface area (Å²) in [6, 6.07) is 15.8. The molecule has 136 valence electrons. The molecule has 0 N–H and O–H groups in total. The van der Waals surface area contributed by atoms with E-state index in [1.165, 1.54) is 11.3 Å². The van der Waals surface area contributed by atoms with E-state index in [0.29, 0.717) is 28.7 Å². The molecule has 0 bridgehead atoms. The topological polar surface area (TPSA) is 55.1 Å². The van der Waals surface area contributed by atoms with Crippen LogP contribution in [0.15, 0.2) is 52.3 Å². The van der Waals surface area contributed by atoms with Gasteiger partial charge in [0, 0.05) is 15.5 Å². The number of hydrogen-bond acceptors (Lipinski definition) is 5. The molecule has 0 aliphatic carbocycles. The summed E-state index contributed by atoms with van der Waals surface area (Å²) in [5.41, 5.74) is 3.35. The van der Waals surface area contributed by atoms with Crippen LogP contribution < -0.4 is 9.47 Å². The number of nitriles is 1. The number of allylic oxidation sites excluding steroid dienone is 1. The van der Waals surface area contributed by atoms with E-state index in [0.717, 1.165) is 21.3 Å². The van der Waals surface area contributed by atoms with Crippen molar-refractivity contribution in [2.75, 3.05) is 7.11 Å². The zero-order chi connectivity index (χ0) is 19.2. The number of rotatable bonds is 6. The summed E-state index contributed by atoms with van der Waals surface area (Å²) in [7, 11) is 1.60. The lowest BCUT2D eigenvalue weighted by atomic mass is 10.1. The summed E-state index contributed by atoms with van der Waals surface area (Å²) < 4.78 is 12.4. The first-order valence-electron chi connectivity index (χ1n) is 8.18. The second-order valence-electron chi connectivity index (χ2n) is 5.79. The standard InChI is InChI=1S/C21H17BrN2O2S/c1-14-13-27-21(24-14)17(11-23)9-16-5-8-19(20(10-16)25-2)26-12-15-3-6-18(22)7-4-15/h3-10,13H,12H2,1-2H3/b17-9-. The van der Waals surface area contributed by atoms with Crippen molar-refractivity contribution in [3.8, 4) is 17.6 Å². The van der Waals surface area contributed by atoms with Crippen molar-refractivity contribution in [1.29, 1.82) is 5.26 Å². The van der Waals surface area contributed by atoms with Crippen LogP contribution in [-0.2, 0) is 6.61 Å². The first-order chi connectivity index (χ1) is 13.1. The molecule has 0 aliphatic heterocycles. The average molecular weight is 441 g/mol. The van der Waals surface area contributed by atoms with Gasteiger partial charge >= 0.3 is 0 Å². The van der Waals surface area contributed by atoms with Crippen molar-refractivity contribution < 1.29 is 9.47 Å². The van der Waals surface area contributed by atoms with E-state index >= 15 is 0 Å². The first-order valence-corrected chi connectivity index (χ1v) is 9.86. The van der Waals surface area contributed by atoms with Crippen molar-refractivity contribution in [3.05, 3.63) is 74.1 Å². The van der Waals surface area contributed by atoms with E-state index in [9.17, 15) is 5.26 Å². The van der Waals surface area contributed by atoms with Gasteiger partial charge in [0.25, 0.3) is 0 Å². The van der Waals surface area contributed by atoms with Gasteiger partial charge in [0.05, 0.1) is 12.7 Å². The number of hydrogen-bond donors (Lipinski definition) is 0. The Balaban J connectivity index is 1.80. The Labute approximate surface area is 170 Å². The van der Waals surface area contributed by atoms with Gasteiger partial charge in [-0.15, -0.1) is 11.3 Å². The number of benzene rings is 2. The smallest absolute Gasteiger partial charge is 0.161 e. The van der Waals surface area contributed by atoms with Crippen molar-refractivity contribution in [3.63, 3.8) is 0 Å². The molecule has 27 heavy (non-hydrogen) atoms. The highest BCUT2D eigenvalue weighted by molar-refractivity contribution is 9.10.